The zero-order valence-corrected chi connectivity index (χ0v) is 22.5. The number of nitrogens with one attached hydrogen (secondary N) is 1. The number of carbonyl (C=O) groups is 1. The molecule has 0 bridgehead atoms. The zero-order valence-electron chi connectivity index (χ0n) is 20.1. The van der Waals surface area contributed by atoms with Gasteiger partial charge in [-0.05, 0) is 42.2 Å². The second-order valence-electron chi connectivity index (χ2n) is 8.99. The van der Waals surface area contributed by atoms with Crippen LogP contribution in [-0.2, 0) is 23.9 Å². The molecule has 1 aromatic carbocycles. The number of carbonyl (C=O) groups excluding carboxylic acids is 1. The number of alkyl halides is 6. The quantitative estimate of drug-likeness (QED) is 0.269. The summed E-state index contributed by atoms with van der Waals surface area (Å²) in [5.41, 5.74) is -0.488. The smallest absolute Gasteiger partial charge is 0.471 e. The molecular formula is C23H19ClF6N4O4S2. The van der Waals surface area contributed by atoms with E-state index in [0.29, 0.717) is 28.6 Å². The summed E-state index contributed by atoms with van der Waals surface area (Å²) >= 11 is 7.11. The summed E-state index contributed by atoms with van der Waals surface area (Å²) in [7, 11) is -3.26. The van der Waals surface area contributed by atoms with Gasteiger partial charge in [0, 0.05) is 25.0 Å². The van der Waals surface area contributed by atoms with E-state index in [2.05, 4.69) is 15.3 Å². The first-order chi connectivity index (χ1) is 18.6. The molecule has 2 aliphatic heterocycles. The van der Waals surface area contributed by atoms with Crippen LogP contribution in [0.2, 0.25) is 5.02 Å². The maximum absolute atomic E-state index is 13.9. The number of rotatable bonds is 3. The molecule has 0 saturated heterocycles. The van der Waals surface area contributed by atoms with Crippen LogP contribution in [-0.4, -0.2) is 55.0 Å². The van der Waals surface area contributed by atoms with E-state index in [1.54, 1.807) is 0 Å². The first-order valence-electron chi connectivity index (χ1n) is 11.5. The largest absolute Gasteiger partial charge is 0.482 e. The van der Waals surface area contributed by atoms with E-state index in [9.17, 15) is 40.2 Å². The monoisotopic (exact) mass is 628 g/mol. The fraction of sp³-hybridized carbons (Fsp3) is 0.348. The summed E-state index contributed by atoms with van der Waals surface area (Å²) in [5.74, 6) is -2.21. The fourth-order valence-corrected chi connectivity index (χ4v) is 7.46. The molecule has 17 heteroatoms. The van der Waals surface area contributed by atoms with Crippen molar-refractivity contribution in [3.05, 3.63) is 46.1 Å². The molecule has 1 amide bonds. The Morgan fingerprint density at radius 3 is 2.60 bits per heavy atom. The van der Waals surface area contributed by atoms with Crippen LogP contribution in [0, 0.1) is 0 Å². The van der Waals surface area contributed by atoms with Gasteiger partial charge < -0.3 is 15.0 Å². The Labute approximate surface area is 233 Å². The molecule has 2 aromatic heterocycles. The van der Waals surface area contributed by atoms with E-state index in [-0.39, 0.29) is 63.4 Å². The lowest BCUT2D eigenvalue weighted by atomic mass is 9.99. The van der Waals surface area contributed by atoms with Gasteiger partial charge in [0.1, 0.15) is 10.5 Å². The average Bonchev–Trinajstić information content (AvgIpc) is 3.25. The molecule has 0 radical (unpaired) electrons. The topological polar surface area (TPSA) is 108 Å². The van der Waals surface area contributed by atoms with Crippen molar-refractivity contribution in [3.8, 4) is 15.6 Å². The van der Waals surface area contributed by atoms with Crippen molar-refractivity contribution in [1.29, 1.82) is 0 Å². The summed E-state index contributed by atoms with van der Waals surface area (Å²) in [6.45, 7) is -0.318. The van der Waals surface area contributed by atoms with Crippen molar-refractivity contribution in [2.45, 2.75) is 36.6 Å². The minimum atomic E-state index is -5.01. The van der Waals surface area contributed by atoms with Gasteiger partial charge in [-0.25, -0.2) is 9.97 Å². The number of benzene rings is 1. The molecule has 40 heavy (non-hydrogen) atoms. The molecule has 0 fully saturated rings. The van der Waals surface area contributed by atoms with Crippen LogP contribution >= 0.6 is 33.5 Å². The molecule has 216 valence electrons. The Hall–Kier alpha value is -2.79. The molecule has 3 N–H and O–H groups in total. The van der Waals surface area contributed by atoms with Gasteiger partial charge in [0.2, 0.25) is 5.95 Å². The van der Waals surface area contributed by atoms with Crippen molar-refractivity contribution in [1.82, 2.24) is 14.9 Å². The standard InChI is InChI=1S/C23H19ClF6N4O4S2/c24-14-6-12-10-34(20(35)23(28,29)30)3-2-11(12)7-15(14)32-21-31-9-13(22(25,26)27)18(33-21)16-8-17-19(39-16)38-4-1-5-40(17,36)37/h6-9,36-37H,1-5,10H2,(H,31,32,33). The predicted molar refractivity (Wildman–Crippen MR) is 136 cm³/mol. The highest BCUT2D eigenvalue weighted by Gasteiger charge is 2.43. The molecule has 0 saturated carbocycles. The Balaban J connectivity index is 1.47. The number of hydrogen-bond donors (Lipinski definition) is 3. The fourth-order valence-electron chi connectivity index (χ4n) is 4.32. The predicted octanol–water partition coefficient (Wildman–Crippen LogP) is 6.96. The van der Waals surface area contributed by atoms with Crippen molar-refractivity contribution >= 4 is 51.1 Å². The number of halogens is 7. The second-order valence-corrected chi connectivity index (χ2v) is 12.6. The number of hydrogen-bond acceptors (Lipinski definition) is 8. The maximum atomic E-state index is 13.9. The van der Waals surface area contributed by atoms with Crippen molar-refractivity contribution < 1.29 is 45.0 Å². The summed E-state index contributed by atoms with van der Waals surface area (Å²) in [4.78, 5) is 20.1. The number of nitrogens with zero attached hydrogens (tertiary/aromatic N) is 3. The first kappa shape index (κ1) is 28.7. The number of aromatic nitrogens is 2. The normalized spacial score (nSPS) is 17.8. The highest BCUT2D eigenvalue weighted by atomic mass is 35.5. The number of amides is 1. The van der Waals surface area contributed by atoms with Crippen LogP contribution in [0.1, 0.15) is 23.1 Å². The lowest BCUT2D eigenvalue weighted by Crippen LogP contribution is -2.43. The SMILES string of the molecule is O=C(N1CCc2cc(Nc3ncc(C(F)(F)F)c(-c4cc5c(s4)OCCCS5(O)O)n3)c(Cl)cc2C1)C(F)(F)F. The third-order valence-electron chi connectivity index (χ3n) is 6.23. The van der Waals surface area contributed by atoms with Crippen LogP contribution in [0.5, 0.6) is 5.06 Å². The number of anilines is 2. The summed E-state index contributed by atoms with van der Waals surface area (Å²) in [5, 5.41) is 2.88. The number of ether oxygens (including phenoxy) is 1. The van der Waals surface area contributed by atoms with E-state index >= 15 is 0 Å². The summed E-state index contributed by atoms with van der Waals surface area (Å²) in [6.07, 6.45) is -8.80. The van der Waals surface area contributed by atoms with Gasteiger partial charge >= 0.3 is 18.3 Å². The second kappa shape index (κ2) is 10.2. The third-order valence-corrected chi connectivity index (χ3v) is 9.59. The van der Waals surface area contributed by atoms with Gasteiger partial charge in [-0.3, -0.25) is 13.9 Å². The van der Waals surface area contributed by atoms with Crippen molar-refractivity contribution in [3.63, 3.8) is 0 Å². The summed E-state index contributed by atoms with van der Waals surface area (Å²) in [6, 6.07) is 4.12. The third kappa shape index (κ3) is 5.68. The highest BCUT2D eigenvalue weighted by Crippen LogP contribution is 2.58. The molecule has 0 aliphatic carbocycles. The number of fused-ring (bicyclic) bond motifs is 2. The van der Waals surface area contributed by atoms with Gasteiger partial charge in [-0.1, -0.05) is 22.9 Å². The van der Waals surface area contributed by atoms with Gasteiger partial charge in [-0.2, -0.15) is 36.9 Å². The maximum Gasteiger partial charge on any atom is 0.471 e. The molecule has 5 rings (SSSR count). The van der Waals surface area contributed by atoms with Gasteiger partial charge in [0.05, 0.1) is 27.9 Å². The average molecular weight is 629 g/mol. The van der Waals surface area contributed by atoms with Crippen LogP contribution in [0.4, 0.5) is 38.0 Å². The lowest BCUT2D eigenvalue weighted by Gasteiger charge is -2.30. The highest BCUT2D eigenvalue weighted by molar-refractivity contribution is 8.24. The van der Waals surface area contributed by atoms with Crippen LogP contribution < -0.4 is 10.1 Å². The summed E-state index contributed by atoms with van der Waals surface area (Å²) < 4.78 is 107. The van der Waals surface area contributed by atoms with E-state index < -0.39 is 40.1 Å². The van der Waals surface area contributed by atoms with Crippen LogP contribution in [0.25, 0.3) is 10.6 Å². The minimum Gasteiger partial charge on any atom is -0.482 e. The van der Waals surface area contributed by atoms with E-state index in [1.807, 2.05) is 0 Å². The molecular weight excluding hydrogens is 610 g/mol. The molecule has 2 aliphatic rings. The van der Waals surface area contributed by atoms with Gasteiger partial charge in [-0.15, -0.1) is 0 Å². The Morgan fingerprint density at radius 2 is 1.90 bits per heavy atom. The Bertz CT molecular complexity index is 1480. The molecule has 0 spiro atoms. The van der Waals surface area contributed by atoms with Gasteiger partial charge in [0.25, 0.3) is 0 Å². The Kier molecular flexibility index (Phi) is 7.35. The van der Waals surface area contributed by atoms with Crippen LogP contribution in [0.3, 0.4) is 0 Å². The van der Waals surface area contributed by atoms with E-state index in [1.165, 1.54) is 18.2 Å². The molecule has 0 atom stereocenters. The first-order valence-corrected chi connectivity index (χ1v) is 14.5. The molecule has 4 heterocycles. The number of thiophene rings is 1. The Morgan fingerprint density at radius 1 is 1.15 bits per heavy atom. The molecule has 8 nitrogen and oxygen atoms in total. The van der Waals surface area contributed by atoms with E-state index in [0.717, 1.165) is 11.3 Å². The molecule has 0 unspecified atom stereocenters. The van der Waals surface area contributed by atoms with E-state index in [4.69, 9.17) is 16.3 Å². The lowest BCUT2D eigenvalue weighted by molar-refractivity contribution is -0.186. The molecule has 3 aromatic rings. The van der Waals surface area contributed by atoms with Crippen molar-refractivity contribution in [2.24, 2.45) is 0 Å². The van der Waals surface area contributed by atoms with Gasteiger partial charge in [0.15, 0.2) is 5.06 Å². The van der Waals surface area contributed by atoms with Crippen LogP contribution in [0.15, 0.2) is 29.3 Å². The van der Waals surface area contributed by atoms with Crippen molar-refractivity contribution in [2.75, 3.05) is 24.2 Å². The zero-order chi connectivity index (χ0) is 29.0. The minimum absolute atomic E-state index is 0.0117.